The van der Waals surface area contributed by atoms with E-state index in [0.29, 0.717) is 17.9 Å². The van der Waals surface area contributed by atoms with Crippen molar-refractivity contribution < 1.29 is 8.81 Å². The summed E-state index contributed by atoms with van der Waals surface area (Å²) in [6.45, 7) is 3.33. The maximum Gasteiger partial charge on any atom is 0.141 e. The van der Waals surface area contributed by atoms with E-state index in [4.69, 9.17) is 16.0 Å². The van der Waals surface area contributed by atoms with Gasteiger partial charge in [0.2, 0.25) is 0 Å². The molecule has 2 heterocycles. The molecule has 0 amide bonds. The zero-order chi connectivity index (χ0) is 13.0. The number of aromatic nitrogens is 1. The average molecular weight is 269 g/mol. The Bertz CT molecular complexity index is 502. The predicted octanol–water partition coefficient (Wildman–Crippen LogP) is 3.58. The Morgan fingerprint density at radius 2 is 2.33 bits per heavy atom. The van der Waals surface area contributed by atoms with Crippen LogP contribution in [0.3, 0.4) is 0 Å². The molecule has 0 aliphatic heterocycles. The largest absolute Gasteiger partial charge is 0.467 e. The Kier molecular flexibility index (Phi) is 4.20. The first-order chi connectivity index (χ1) is 8.74. The molecule has 2 aromatic rings. The zero-order valence-electron chi connectivity index (χ0n) is 10.1. The molecule has 0 bridgehead atoms. The normalized spacial score (nSPS) is 10.6. The van der Waals surface area contributed by atoms with E-state index in [1.54, 1.807) is 6.26 Å². The molecule has 0 aromatic carbocycles. The van der Waals surface area contributed by atoms with E-state index >= 15 is 0 Å². The van der Waals surface area contributed by atoms with Gasteiger partial charge in [-0.15, -0.1) is 11.6 Å². The van der Waals surface area contributed by atoms with Gasteiger partial charge < -0.3 is 9.32 Å². The predicted molar refractivity (Wildman–Crippen MR) is 69.2 cm³/mol. The summed E-state index contributed by atoms with van der Waals surface area (Å²) >= 11 is 5.83. The van der Waals surface area contributed by atoms with Crippen molar-refractivity contribution in [3.63, 3.8) is 0 Å². The second kappa shape index (κ2) is 5.87. The second-order valence-corrected chi connectivity index (χ2v) is 4.13. The van der Waals surface area contributed by atoms with Crippen molar-refractivity contribution in [3.05, 3.63) is 47.8 Å². The molecule has 2 aromatic heterocycles. The lowest BCUT2D eigenvalue weighted by atomic mass is 10.2. The minimum absolute atomic E-state index is 0.231. The summed E-state index contributed by atoms with van der Waals surface area (Å²) in [5.41, 5.74) is 0.685. The molecule has 0 aliphatic rings. The van der Waals surface area contributed by atoms with E-state index in [2.05, 4.69) is 4.98 Å². The summed E-state index contributed by atoms with van der Waals surface area (Å²) in [5.74, 6) is 1.40. The van der Waals surface area contributed by atoms with E-state index in [9.17, 15) is 4.39 Å². The highest BCUT2D eigenvalue weighted by molar-refractivity contribution is 6.17. The lowest BCUT2D eigenvalue weighted by Gasteiger charge is -2.22. The third-order valence-electron chi connectivity index (χ3n) is 2.66. The first-order valence-electron chi connectivity index (χ1n) is 5.72. The van der Waals surface area contributed by atoms with Gasteiger partial charge in [0.15, 0.2) is 0 Å². The summed E-state index contributed by atoms with van der Waals surface area (Å²) in [4.78, 5) is 6.12. The highest BCUT2D eigenvalue weighted by Gasteiger charge is 2.13. The van der Waals surface area contributed by atoms with Crippen LogP contribution in [0.5, 0.6) is 0 Å². The summed E-state index contributed by atoms with van der Waals surface area (Å²) in [7, 11) is 0. The maximum atomic E-state index is 13.1. The molecule has 0 atom stereocenters. The van der Waals surface area contributed by atoms with Gasteiger partial charge in [-0.1, -0.05) is 0 Å². The van der Waals surface area contributed by atoms with Crippen molar-refractivity contribution in [3.8, 4) is 0 Å². The van der Waals surface area contributed by atoms with Crippen molar-refractivity contribution in [2.45, 2.75) is 19.3 Å². The number of halogens is 2. The lowest BCUT2D eigenvalue weighted by Crippen LogP contribution is -2.24. The van der Waals surface area contributed by atoms with Gasteiger partial charge in [0.25, 0.3) is 0 Å². The van der Waals surface area contributed by atoms with Gasteiger partial charge in [0, 0.05) is 12.1 Å². The Labute approximate surface area is 110 Å². The van der Waals surface area contributed by atoms with Crippen molar-refractivity contribution in [1.29, 1.82) is 0 Å². The smallest absolute Gasteiger partial charge is 0.141 e. The molecule has 0 unspecified atom stereocenters. The SMILES string of the molecule is CCN(Cc1ccco1)c1ncc(F)cc1CCl. The van der Waals surface area contributed by atoms with Crippen LogP contribution in [0.15, 0.2) is 35.1 Å². The number of anilines is 1. The molecule has 0 saturated heterocycles. The van der Waals surface area contributed by atoms with Crippen molar-refractivity contribution in [2.24, 2.45) is 0 Å². The Morgan fingerprint density at radius 1 is 1.50 bits per heavy atom. The summed E-state index contributed by atoms with van der Waals surface area (Å²) in [6.07, 6.45) is 2.83. The van der Waals surface area contributed by atoms with Crippen LogP contribution in [0.4, 0.5) is 10.2 Å². The van der Waals surface area contributed by atoms with Gasteiger partial charge in [-0.25, -0.2) is 9.37 Å². The molecule has 0 aliphatic carbocycles. The first kappa shape index (κ1) is 12.9. The fraction of sp³-hybridized carbons (Fsp3) is 0.308. The molecule has 2 rings (SSSR count). The number of pyridine rings is 1. The van der Waals surface area contributed by atoms with Crippen molar-refractivity contribution in [2.75, 3.05) is 11.4 Å². The molecule has 0 radical (unpaired) electrons. The van der Waals surface area contributed by atoms with Crippen LogP contribution in [0.25, 0.3) is 0 Å². The van der Waals surface area contributed by atoms with Gasteiger partial charge >= 0.3 is 0 Å². The number of nitrogens with zero attached hydrogens (tertiary/aromatic N) is 2. The molecule has 18 heavy (non-hydrogen) atoms. The number of rotatable bonds is 5. The Morgan fingerprint density at radius 3 is 2.94 bits per heavy atom. The van der Waals surface area contributed by atoms with Gasteiger partial charge in [-0.2, -0.15) is 0 Å². The molecule has 0 spiro atoms. The van der Waals surface area contributed by atoms with E-state index in [0.717, 1.165) is 12.3 Å². The zero-order valence-corrected chi connectivity index (χ0v) is 10.8. The molecule has 5 heteroatoms. The van der Waals surface area contributed by atoms with E-state index in [-0.39, 0.29) is 11.7 Å². The van der Waals surface area contributed by atoms with Crippen molar-refractivity contribution >= 4 is 17.4 Å². The Hall–Kier alpha value is -1.55. The molecule has 0 saturated carbocycles. The lowest BCUT2D eigenvalue weighted by molar-refractivity contribution is 0.502. The van der Waals surface area contributed by atoms with E-state index in [1.807, 2.05) is 24.0 Å². The average Bonchev–Trinajstić information content (AvgIpc) is 2.89. The van der Waals surface area contributed by atoms with E-state index < -0.39 is 0 Å². The topological polar surface area (TPSA) is 29.3 Å². The number of alkyl halides is 1. The molecule has 0 N–H and O–H groups in total. The van der Waals surface area contributed by atoms with Gasteiger partial charge in [0.05, 0.1) is 24.9 Å². The third kappa shape index (κ3) is 2.82. The summed E-state index contributed by atoms with van der Waals surface area (Å²) in [6, 6.07) is 5.15. The minimum Gasteiger partial charge on any atom is -0.467 e. The number of furan rings is 1. The molecule has 96 valence electrons. The highest BCUT2D eigenvalue weighted by Crippen LogP contribution is 2.22. The van der Waals surface area contributed by atoms with Crippen LogP contribution in [-0.2, 0) is 12.4 Å². The Balaban J connectivity index is 2.26. The van der Waals surface area contributed by atoms with Crippen LogP contribution in [0, 0.1) is 5.82 Å². The monoisotopic (exact) mass is 268 g/mol. The van der Waals surface area contributed by atoms with Crippen LogP contribution >= 0.6 is 11.6 Å². The van der Waals surface area contributed by atoms with Crippen LogP contribution in [-0.4, -0.2) is 11.5 Å². The maximum absolute atomic E-state index is 13.1. The molecular formula is C13H14ClFN2O. The van der Waals surface area contributed by atoms with Gasteiger partial charge in [-0.05, 0) is 25.1 Å². The highest BCUT2D eigenvalue weighted by atomic mass is 35.5. The summed E-state index contributed by atoms with van der Waals surface area (Å²) < 4.78 is 18.4. The fourth-order valence-corrected chi connectivity index (χ4v) is 1.98. The molecular weight excluding hydrogens is 255 g/mol. The molecule has 0 fully saturated rings. The number of hydrogen-bond donors (Lipinski definition) is 0. The van der Waals surface area contributed by atoms with Crippen LogP contribution in [0.1, 0.15) is 18.2 Å². The van der Waals surface area contributed by atoms with E-state index in [1.165, 1.54) is 12.3 Å². The standard InChI is InChI=1S/C13H14ClFN2O/c1-2-17(9-12-4-3-5-18-12)13-10(7-14)6-11(15)8-16-13/h3-6,8H,2,7,9H2,1H3. The second-order valence-electron chi connectivity index (χ2n) is 3.86. The van der Waals surface area contributed by atoms with Gasteiger partial charge in [0.1, 0.15) is 17.4 Å². The van der Waals surface area contributed by atoms with Gasteiger partial charge in [-0.3, -0.25) is 0 Å². The fourth-order valence-electron chi connectivity index (χ4n) is 1.78. The molecule has 3 nitrogen and oxygen atoms in total. The van der Waals surface area contributed by atoms with Crippen LogP contribution in [0.2, 0.25) is 0 Å². The van der Waals surface area contributed by atoms with Crippen molar-refractivity contribution in [1.82, 2.24) is 4.98 Å². The summed E-state index contributed by atoms with van der Waals surface area (Å²) in [5, 5.41) is 0. The number of hydrogen-bond acceptors (Lipinski definition) is 3. The minimum atomic E-state index is -0.372. The van der Waals surface area contributed by atoms with Crippen LogP contribution < -0.4 is 4.90 Å². The quantitative estimate of drug-likeness (QED) is 0.776. The third-order valence-corrected chi connectivity index (χ3v) is 2.95. The first-order valence-corrected chi connectivity index (χ1v) is 6.25.